The molecule has 1 amide bonds. The summed E-state index contributed by atoms with van der Waals surface area (Å²) >= 11 is 6.14. The number of amides is 1. The largest absolute Gasteiger partial charge is 0.355 e. The summed E-state index contributed by atoms with van der Waals surface area (Å²) in [7, 11) is 0. The van der Waals surface area contributed by atoms with Gasteiger partial charge in [-0.15, -0.1) is 0 Å². The van der Waals surface area contributed by atoms with E-state index in [0.29, 0.717) is 35.6 Å². The summed E-state index contributed by atoms with van der Waals surface area (Å²) in [6.45, 7) is 16.1. The predicted molar refractivity (Wildman–Crippen MR) is 142 cm³/mol. The van der Waals surface area contributed by atoms with E-state index < -0.39 is 11.5 Å². The first-order valence-corrected chi connectivity index (χ1v) is 12.7. The average Bonchev–Trinajstić information content (AvgIpc) is 2.83. The Morgan fingerprint density at radius 3 is 2.19 bits per heavy atom. The number of hydrogen-bond acceptors (Lipinski definition) is 7. The third kappa shape index (κ3) is 4.70. The first kappa shape index (κ1) is 26.7. The average molecular weight is 528 g/mol. The molecule has 1 fully saturated rings. The molecular formula is C26H31ClFN7O2. The van der Waals surface area contributed by atoms with Crippen LogP contribution in [0.3, 0.4) is 0 Å². The quantitative estimate of drug-likeness (QED) is 0.362. The van der Waals surface area contributed by atoms with Crippen molar-refractivity contribution in [3.63, 3.8) is 0 Å². The standard InChI is InChI=1S/C26H31ClFN7O2/c1-8-19(36)34-15(6)10-33(11-16(34)7)24-17-9-18(28)23(27)31-25(17)35(26(37)32-24)22-20(13(2)3)29-12-30-21(22)14(4)5/h8-9,12-16H,1,10-11H2,2-7H3. The van der Waals surface area contributed by atoms with Crippen LogP contribution in [0.5, 0.6) is 0 Å². The van der Waals surface area contributed by atoms with Crippen LogP contribution < -0.4 is 10.6 Å². The molecule has 1 aliphatic rings. The lowest BCUT2D eigenvalue weighted by atomic mass is 10.0. The van der Waals surface area contributed by atoms with E-state index in [9.17, 15) is 14.0 Å². The van der Waals surface area contributed by atoms with E-state index in [4.69, 9.17) is 11.6 Å². The van der Waals surface area contributed by atoms with E-state index in [1.165, 1.54) is 23.0 Å². The highest BCUT2D eigenvalue weighted by atomic mass is 35.5. The Kier molecular flexibility index (Phi) is 7.32. The van der Waals surface area contributed by atoms with Crippen molar-refractivity contribution in [1.82, 2.24) is 29.4 Å². The minimum Gasteiger partial charge on any atom is -0.352 e. The maximum absolute atomic E-state index is 14.8. The molecule has 3 aromatic rings. The highest BCUT2D eigenvalue weighted by molar-refractivity contribution is 6.30. The summed E-state index contributed by atoms with van der Waals surface area (Å²) in [5, 5.41) is -0.0207. The second-order valence-electron chi connectivity index (χ2n) is 10.0. The number of halogens is 2. The summed E-state index contributed by atoms with van der Waals surface area (Å²) in [5.41, 5.74) is 1.36. The van der Waals surface area contributed by atoms with Crippen LogP contribution in [-0.2, 0) is 4.79 Å². The van der Waals surface area contributed by atoms with Crippen molar-refractivity contribution >= 4 is 34.4 Å². The van der Waals surface area contributed by atoms with Gasteiger partial charge in [0.25, 0.3) is 0 Å². The van der Waals surface area contributed by atoms with Crippen LogP contribution >= 0.6 is 11.6 Å². The second kappa shape index (κ2) is 10.2. The van der Waals surface area contributed by atoms with Gasteiger partial charge in [-0.25, -0.2) is 28.7 Å². The van der Waals surface area contributed by atoms with Crippen LogP contribution in [0.1, 0.15) is 64.8 Å². The van der Waals surface area contributed by atoms with E-state index in [0.717, 1.165) is 0 Å². The van der Waals surface area contributed by atoms with Gasteiger partial charge in [-0.3, -0.25) is 4.79 Å². The van der Waals surface area contributed by atoms with Gasteiger partial charge in [0, 0.05) is 25.2 Å². The molecule has 196 valence electrons. The Balaban J connectivity index is 2.00. The van der Waals surface area contributed by atoms with Crippen LogP contribution in [0, 0.1) is 5.82 Å². The molecule has 3 aromatic heterocycles. The molecule has 1 saturated heterocycles. The second-order valence-corrected chi connectivity index (χ2v) is 10.4. The van der Waals surface area contributed by atoms with Crippen LogP contribution in [0.2, 0.25) is 5.15 Å². The summed E-state index contributed by atoms with van der Waals surface area (Å²) < 4.78 is 16.1. The normalized spacial score (nSPS) is 18.2. The molecular weight excluding hydrogens is 497 g/mol. The van der Waals surface area contributed by atoms with Crippen molar-refractivity contribution in [2.75, 3.05) is 18.0 Å². The topological polar surface area (TPSA) is 97.1 Å². The zero-order chi connectivity index (χ0) is 27.2. The fourth-order valence-electron chi connectivity index (χ4n) is 5.04. The number of anilines is 1. The van der Waals surface area contributed by atoms with Crippen LogP contribution in [0.4, 0.5) is 10.2 Å². The van der Waals surface area contributed by atoms with E-state index in [1.807, 2.05) is 46.4 Å². The number of carbonyl (C=O) groups excluding carboxylic acids is 1. The minimum atomic E-state index is -0.721. The molecule has 37 heavy (non-hydrogen) atoms. The molecule has 0 N–H and O–H groups in total. The molecule has 2 atom stereocenters. The van der Waals surface area contributed by atoms with Crippen molar-refractivity contribution in [1.29, 1.82) is 0 Å². The van der Waals surface area contributed by atoms with Crippen molar-refractivity contribution < 1.29 is 9.18 Å². The highest BCUT2D eigenvalue weighted by Crippen LogP contribution is 2.33. The van der Waals surface area contributed by atoms with Gasteiger partial charge in [-0.05, 0) is 37.8 Å². The van der Waals surface area contributed by atoms with Crippen molar-refractivity contribution in [2.24, 2.45) is 0 Å². The van der Waals surface area contributed by atoms with Crippen molar-refractivity contribution in [3.05, 3.63) is 57.9 Å². The molecule has 4 heterocycles. The number of pyridine rings is 1. The fraction of sp³-hybridized carbons (Fsp3) is 0.462. The lowest BCUT2D eigenvalue weighted by Crippen LogP contribution is -2.58. The first-order chi connectivity index (χ1) is 17.5. The smallest absolute Gasteiger partial charge is 0.352 e. The monoisotopic (exact) mass is 527 g/mol. The van der Waals surface area contributed by atoms with Crippen LogP contribution in [0.15, 0.2) is 29.8 Å². The molecule has 0 spiro atoms. The molecule has 0 aromatic carbocycles. The molecule has 11 heteroatoms. The number of piperazine rings is 1. The van der Waals surface area contributed by atoms with Gasteiger partial charge in [0.2, 0.25) is 5.91 Å². The number of nitrogens with zero attached hydrogens (tertiary/aromatic N) is 7. The molecule has 2 unspecified atom stereocenters. The Labute approximate surface area is 220 Å². The van der Waals surface area contributed by atoms with Gasteiger partial charge >= 0.3 is 5.69 Å². The van der Waals surface area contributed by atoms with Gasteiger partial charge in [0.15, 0.2) is 16.6 Å². The Morgan fingerprint density at radius 1 is 1.11 bits per heavy atom. The third-order valence-electron chi connectivity index (χ3n) is 6.60. The summed E-state index contributed by atoms with van der Waals surface area (Å²) in [6.07, 6.45) is 2.77. The number of carbonyl (C=O) groups is 1. The van der Waals surface area contributed by atoms with E-state index in [-0.39, 0.29) is 46.4 Å². The summed E-state index contributed by atoms with van der Waals surface area (Å²) in [6, 6.07) is 0.871. The number of fused-ring (bicyclic) bond motifs is 1. The molecule has 0 bridgehead atoms. The number of rotatable bonds is 5. The maximum atomic E-state index is 14.8. The Morgan fingerprint density at radius 2 is 1.68 bits per heavy atom. The lowest BCUT2D eigenvalue weighted by Gasteiger charge is -2.44. The fourth-order valence-corrected chi connectivity index (χ4v) is 5.18. The zero-order valence-corrected chi connectivity index (χ0v) is 22.6. The van der Waals surface area contributed by atoms with Gasteiger partial charge in [0.05, 0.1) is 22.5 Å². The van der Waals surface area contributed by atoms with Gasteiger partial charge in [0.1, 0.15) is 12.1 Å². The first-order valence-electron chi connectivity index (χ1n) is 12.3. The number of hydrogen-bond donors (Lipinski definition) is 0. The molecule has 1 aliphatic heterocycles. The van der Waals surface area contributed by atoms with Gasteiger partial charge in [-0.2, -0.15) is 4.98 Å². The molecule has 0 saturated carbocycles. The Bertz CT molecular complexity index is 1400. The van der Waals surface area contributed by atoms with E-state index in [1.54, 1.807) is 4.90 Å². The maximum Gasteiger partial charge on any atom is 0.355 e. The predicted octanol–water partition coefficient (Wildman–Crippen LogP) is 4.22. The van der Waals surface area contributed by atoms with Crippen LogP contribution in [0.25, 0.3) is 16.7 Å². The number of aromatic nitrogens is 5. The molecule has 0 aliphatic carbocycles. The van der Waals surface area contributed by atoms with E-state index in [2.05, 4.69) is 26.5 Å². The summed E-state index contributed by atoms with van der Waals surface area (Å²) in [4.78, 5) is 47.4. The molecule has 9 nitrogen and oxygen atoms in total. The highest BCUT2D eigenvalue weighted by Gasteiger charge is 2.34. The van der Waals surface area contributed by atoms with Crippen molar-refractivity contribution in [3.8, 4) is 5.69 Å². The lowest BCUT2D eigenvalue weighted by molar-refractivity contribution is -0.130. The van der Waals surface area contributed by atoms with Crippen LogP contribution in [-0.4, -0.2) is 60.5 Å². The van der Waals surface area contributed by atoms with Gasteiger partial charge < -0.3 is 9.80 Å². The zero-order valence-electron chi connectivity index (χ0n) is 21.9. The van der Waals surface area contributed by atoms with E-state index >= 15 is 0 Å². The Hall–Kier alpha value is -3.40. The SMILES string of the molecule is C=CC(=O)N1C(C)CN(c2nc(=O)n(-c3c(C(C)C)ncnc3C(C)C)c3nc(Cl)c(F)cc23)CC1C. The summed E-state index contributed by atoms with van der Waals surface area (Å²) in [5.74, 6) is -0.673. The molecule has 4 rings (SSSR count). The minimum absolute atomic E-state index is 0.0368. The van der Waals surface area contributed by atoms with Gasteiger partial charge in [-0.1, -0.05) is 45.9 Å². The van der Waals surface area contributed by atoms with Crippen molar-refractivity contribution in [2.45, 2.75) is 65.5 Å². The third-order valence-corrected chi connectivity index (χ3v) is 6.87. The molecule has 0 radical (unpaired) electrons.